The van der Waals surface area contributed by atoms with Crippen molar-refractivity contribution in [3.8, 4) is 0 Å². The zero-order chi connectivity index (χ0) is 13.4. The summed E-state index contributed by atoms with van der Waals surface area (Å²) in [6.45, 7) is 2.30. The number of aliphatic hydroxyl groups excluding tert-OH is 1. The number of unbranched alkanes of at least 4 members (excludes halogenated alkanes) is 1. The van der Waals surface area contributed by atoms with Crippen LogP contribution in [0.1, 0.15) is 38.5 Å². The van der Waals surface area contributed by atoms with E-state index < -0.39 is 7.12 Å². The van der Waals surface area contributed by atoms with Gasteiger partial charge in [0.15, 0.2) is 0 Å². The molecule has 5 nitrogen and oxygen atoms in total. The maximum atomic E-state index is 9.21. The van der Waals surface area contributed by atoms with Gasteiger partial charge in [0.2, 0.25) is 0 Å². The molecule has 1 fully saturated rings. The van der Waals surface area contributed by atoms with Crippen LogP contribution in [0.15, 0.2) is 0 Å². The van der Waals surface area contributed by atoms with E-state index in [0.717, 1.165) is 45.2 Å². The molecule has 1 aliphatic rings. The van der Waals surface area contributed by atoms with Crippen LogP contribution in [-0.2, 0) is 0 Å². The molecule has 0 aromatic heterocycles. The van der Waals surface area contributed by atoms with E-state index in [1.54, 1.807) is 0 Å². The Bertz CT molecular complexity index is 219. The quantitative estimate of drug-likeness (QED) is 0.340. The van der Waals surface area contributed by atoms with Crippen LogP contribution in [0.2, 0.25) is 6.32 Å². The van der Waals surface area contributed by atoms with Gasteiger partial charge < -0.3 is 20.9 Å². The highest BCUT2D eigenvalue weighted by molar-refractivity contribution is 6.40. The van der Waals surface area contributed by atoms with Gasteiger partial charge in [0, 0.05) is 12.1 Å². The summed E-state index contributed by atoms with van der Waals surface area (Å²) in [4.78, 5) is 2.33. The van der Waals surface area contributed by atoms with E-state index in [-0.39, 0.29) is 12.6 Å². The second-order valence-electron chi connectivity index (χ2n) is 5.33. The molecule has 106 valence electrons. The number of rotatable bonds is 9. The molecule has 6 heteroatoms. The lowest BCUT2D eigenvalue weighted by molar-refractivity contribution is 0.155. The minimum absolute atomic E-state index is 0.181. The van der Waals surface area contributed by atoms with Crippen LogP contribution in [-0.4, -0.2) is 59.0 Å². The molecule has 0 spiro atoms. The third kappa shape index (κ3) is 6.16. The van der Waals surface area contributed by atoms with Crippen molar-refractivity contribution < 1.29 is 15.2 Å². The topological polar surface area (TPSA) is 90.0 Å². The minimum atomic E-state index is -1.18. The van der Waals surface area contributed by atoms with Crippen LogP contribution < -0.4 is 5.73 Å². The molecule has 2 atom stereocenters. The van der Waals surface area contributed by atoms with Crippen molar-refractivity contribution >= 4 is 7.12 Å². The molecule has 1 rings (SSSR count). The molecule has 1 aliphatic heterocycles. The van der Waals surface area contributed by atoms with E-state index in [9.17, 15) is 5.11 Å². The van der Waals surface area contributed by atoms with Gasteiger partial charge in [0.1, 0.15) is 0 Å². The molecular formula is C12H27BN2O3. The lowest BCUT2D eigenvalue weighted by Gasteiger charge is -2.24. The Morgan fingerprint density at radius 2 is 2.06 bits per heavy atom. The van der Waals surface area contributed by atoms with Gasteiger partial charge in [-0.1, -0.05) is 12.8 Å². The number of aliphatic hydroxyl groups is 1. The lowest BCUT2D eigenvalue weighted by Crippen LogP contribution is -2.36. The number of nitrogens with zero attached hydrogens (tertiary/aromatic N) is 1. The summed E-state index contributed by atoms with van der Waals surface area (Å²) < 4.78 is 0. The molecular weight excluding hydrogens is 231 g/mol. The molecule has 0 unspecified atom stereocenters. The van der Waals surface area contributed by atoms with E-state index in [1.807, 2.05) is 0 Å². The monoisotopic (exact) mass is 258 g/mol. The predicted molar refractivity (Wildman–Crippen MR) is 73.1 cm³/mol. The lowest BCUT2D eigenvalue weighted by atomic mass is 9.83. The summed E-state index contributed by atoms with van der Waals surface area (Å²) in [6.07, 6.45) is 6.36. The van der Waals surface area contributed by atoms with Gasteiger partial charge in [-0.2, -0.15) is 0 Å². The average molecular weight is 258 g/mol. The minimum Gasteiger partial charge on any atom is -0.427 e. The molecule has 0 aromatic carbocycles. The molecule has 0 bridgehead atoms. The van der Waals surface area contributed by atoms with Gasteiger partial charge >= 0.3 is 7.12 Å². The van der Waals surface area contributed by atoms with E-state index in [0.29, 0.717) is 12.4 Å². The molecule has 0 amide bonds. The summed E-state index contributed by atoms with van der Waals surface area (Å²) in [5, 5.41) is 26.6. The first kappa shape index (κ1) is 15.9. The van der Waals surface area contributed by atoms with Crippen LogP contribution in [0.3, 0.4) is 0 Å². The van der Waals surface area contributed by atoms with Crippen molar-refractivity contribution in [2.75, 3.05) is 19.7 Å². The van der Waals surface area contributed by atoms with Crippen LogP contribution >= 0.6 is 0 Å². The molecule has 0 saturated carbocycles. The van der Waals surface area contributed by atoms with Gasteiger partial charge in [0.25, 0.3) is 0 Å². The first-order valence-electron chi connectivity index (χ1n) is 7.10. The Balaban J connectivity index is 2.04. The smallest absolute Gasteiger partial charge is 0.427 e. The SMILES string of the molecule is N[C@H](CCCCB(O)O)CCN1CCC[C@H]1CO. The summed E-state index contributed by atoms with van der Waals surface area (Å²) in [5.74, 6) is 0. The summed E-state index contributed by atoms with van der Waals surface area (Å²) in [5.41, 5.74) is 6.04. The molecule has 1 heterocycles. The Kier molecular flexibility index (Phi) is 7.85. The van der Waals surface area contributed by atoms with E-state index >= 15 is 0 Å². The largest absolute Gasteiger partial charge is 0.451 e. The molecule has 1 saturated heterocycles. The number of nitrogens with two attached hydrogens (primary N) is 1. The second kappa shape index (κ2) is 8.88. The molecule has 0 radical (unpaired) electrons. The van der Waals surface area contributed by atoms with Crippen molar-refractivity contribution in [1.82, 2.24) is 4.90 Å². The molecule has 5 N–H and O–H groups in total. The summed E-state index contributed by atoms with van der Waals surface area (Å²) in [7, 11) is -1.18. The number of hydrogen-bond acceptors (Lipinski definition) is 5. The van der Waals surface area contributed by atoms with Crippen LogP contribution in [0.25, 0.3) is 0 Å². The van der Waals surface area contributed by atoms with Crippen molar-refractivity contribution in [2.24, 2.45) is 5.73 Å². The average Bonchev–Trinajstić information content (AvgIpc) is 2.79. The van der Waals surface area contributed by atoms with E-state index in [1.165, 1.54) is 6.42 Å². The van der Waals surface area contributed by atoms with Gasteiger partial charge in [-0.3, -0.25) is 4.90 Å². The number of hydrogen-bond donors (Lipinski definition) is 4. The highest BCUT2D eigenvalue weighted by Gasteiger charge is 2.23. The van der Waals surface area contributed by atoms with Crippen molar-refractivity contribution in [3.05, 3.63) is 0 Å². The van der Waals surface area contributed by atoms with E-state index in [4.69, 9.17) is 15.8 Å². The maximum Gasteiger partial charge on any atom is 0.451 e. The third-order valence-corrected chi connectivity index (χ3v) is 3.78. The Morgan fingerprint density at radius 1 is 1.28 bits per heavy atom. The Labute approximate surface area is 110 Å². The molecule has 18 heavy (non-hydrogen) atoms. The van der Waals surface area contributed by atoms with Gasteiger partial charge in [-0.05, 0) is 45.1 Å². The van der Waals surface area contributed by atoms with Crippen LogP contribution in [0, 0.1) is 0 Å². The summed E-state index contributed by atoms with van der Waals surface area (Å²) >= 11 is 0. The third-order valence-electron chi connectivity index (χ3n) is 3.78. The Hall–Kier alpha value is -0.135. The first-order valence-corrected chi connectivity index (χ1v) is 7.10. The van der Waals surface area contributed by atoms with Gasteiger partial charge in [-0.25, -0.2) is 0 Å². The standard InChI is InChI=1S/C12H27BN2O3/c14-11(4-1-2-7-13(17)18)6-9-15-8-3-5-12(15)10-16/h11-12,16-18H,1-10,14H2/t11-,12+/m1/s1. The zero-order valence-electron chi connectivity index (χ0n) is 11.2. The fourth-order valence-corrected chi connectivity index (χ4v) is 2.61. The fraction of sp³-hybridized carbons (Fsp3) is 1.00. The fourth-order valence-electron chi connectivity index (χ4n) is 2.61. The van der Waals surface area contributed by atoms with Crippen molar-refractivity contribution in [1.29, 1.82) is 0 Å². The van der Waals surface area contributed by atoms with Gasteiger partial charge in [0.05, 0.1) is 6.61 Å². The Morgan fingerprint density at radius 3 is 2.72 bits per heavy atom. The van der Waals surface area contributed by atoms with Crippen LogP contribution in [0.4, 0.5) is 0 Å². The highest BCUT2D eigenvalue weighted by Crippen LogP contribution is 2.17. The van der Waals surface area contributed by atoms with Crippen LogP contribution in [0.5, 0.6) is 0 Å². The second-order valence-corrected chi connectivity index (χ2v) is 5.33. The van der Waals surface area contributed by atoms with Gasteiger partial charge in [-0.15, -0.1) is 0 Å². The van der Waals surface area contributed by atoms with Crippen molar-refractivity contribution in [2.45, 2.75) is 56.9 Å². The zero-order valence-corrected chi connectivity index (χ0v) is 11.2. The normalized spacial score (nSPS) is 22.3. The number of likely N-dealkylation sites (tertiary alicyclic amines) is 1. The highest BCUT2D eigenvalue weighted by atomic mass is 16.4. The van der Waals surface area contributed by atoms with E-state index in [2.05, 4.69) is 4.90 Å². The molecule has 0 aromatic rings. The summed E-state index contributed by atoms with van der Waals surface area (Å²) in [6, 6.07) is 0.516. The maximum absolute atomic E-state index is 9.21. The molecule has 0 aliphatic carbocycles. The predicted octanol–water partition coefficient (Wildman–Crippen LogP) is -0.196. The van der Waals surface area contributed by atoms with Crippen molar-refractivity contribution in [3.63, 3.8) is 0 Å². The first-order chi connectivity index (χ1) is 8.63.